The SMILES string of the molecule is C[N+](CCC#N)=C1C=CC(=CC=C2C=C(c3ccc(F)c([N+](=O)[O-])c3)C=C(c3ccc(F)c([N+](=O)[O-])c3)O2)C=C1.F[B-](F)(F)F. The Labute approximate surface area is 251 Å². The van der Waals surface area contributed by atoms with Crippen molar-refractivity contribution in [2.45, 2.75) is 6.42 Å². The number of hydrogen-bond donors (Lipinski definition) is 0. The molecule has 0 spiro atoms. The Bertz CT molecular complexity index is 1760. The van der Waals surface area contributed by atoms with Gasteiger partial charge in [-0.25, -0.2) is 4.58 Å². The van der Waals surface area contributed by atoms with Crippen molar-refractivity contribution in [3.63, 3.8) is 0 Å². The topological polar surface area (TPSA) is 122 Å². The highest BCUT2D eigenvalue weighted by molar-refractivity contribution is 6.50. The van der Waals surface area contributed by atoms with Gasteiger partial charge >= 0.3 is 18.6 Å². The Morgan fingerprint density at radius 3 is 1.93 bits per heavy atom. The van der Waals surface area contributed by atoms with Gasteiger partial charge < -0.3 is 22.0 Å². The summed E-state index contributed by atoms with van der Waals surface area (Å²) in [4.78, 5) is 20.9. The number of halogens is 6. The fraction of sp³-hybridized carbons (Fsp3) is 0.103. The maximum atomic E-state index is 14.0. The summed E-state index contributed by atoms with van der Waals surface area (Å²) in [6.45, 7) is 0.587. The molecule has 2 aliphatic rings. The van der Waals surface area contributed by atoms with Crippen LogP contribution in [0.5, 0.6) is 0 Å². The van der Waals surface area contributed by atoms with Crippen LogP contribution < -0.4 is 0 Å². The lowest BCUT2D eigenvalue weighted by molar-refractivity contribution is -0.494. The molecule has 0 amide bonds. The van der Waals surface area contributed by atoms with Crippen molar-refractivity contribution in [1.29, 1.82) is 5.26 Å². The lowest BCUT2D eigenvalue weighted by Gasteiger charge is -2.18. The number of allylic oxidation sites excluding steroid dienone is 10. The smallest absolute Gasteiger partial charge is 0.457 e. The third-order valence-electron chi connectivity index (χ3n) is 6.05. The first-order valence-corrected chi connectivity index (χ1v) is 12.8. The molecule has 0 atom stereocenters. The van der Waals surface area contributed by atoms with E-state index in [1.807, 2.05) is 35.9 Å². The Kier molecular flexibility index (Phi) is 11.0. The molecule has 2 aromatic rings. The lowest BCUT2D eigenvalue weighted by atomic mass is 9.99. The average Bonchev–Trinajstić information content (AvgIpc) is 2.98. The molecule has 2 aromatic carbocycles. The second-order valence-corrected chi connectivity index (χ2v) is 9.21. The predicted molar refractivity (Wildman–Crippen MR) is 154 cm³/mol. The normalized spacial score (nSPS) is 14.8. The number of benzene rings is 2. The lowest BCUT2D eigenvalue weighted by Crippen LogP contribution is -2.16. The molecule has 9 nitrogen and oxygen atoms in total. The van der Waals surface area contributed by atoms with E-state index in [2.05, 4.69) is 6.07 Å². The van der Waals surface area contributed by atoms with Crippen molar-refractivity contribution in [3.8, 4) is 6.07 Å². The van der Waals surface area contributed by atoms with Gasteiger partial charge in [-0.3, -0.25) is 20.2 Å². The Morgan fingerprint density at radius 2 is 1.40 bits per heavy atom. The van der Waals surface area contributed by atoms with Crippen molar-refractivity contribution < 1.29 is 45.2 Å². The van der Waals surface area contributed by atoms with Crippen LogP contribution in [0.25, 0.3) is 11.3 Å². The number of nitro benzene ring substituents is 2. The van der Waals surface area contributed by atoms with Crippen LogP contribution in [0, 0.1) is 43.2 Å². The molecule has 0 saturated heterocycles. The number of hydrogen-bond acceptors (Lipinski definition) is 6. The van der Waals surface area contributed by atoms with E-state index < -0.39 is 40.1 Å². The molecule has 4 rings (SSSR count). The van der Waals surface area contributed by atoms with Crippen LogP contribution in [0.3, 0.4) is 0 Å². The maximum Gasteiger partial charge on any atom is 0.673 e. The van der Waals surface area contributed by atoms with E-state index >= 15 is 0 Å². The molecule has 0 N–H and O–H groups in total. The van der Waals surface area contributed by atoms with Gasteiger partial charge in [-0.2, -0.15) is 14.0 Å². The van der Waals surface area contributed by atoms with E-state index in [0.717, 1.165) is 35.6 Å². The minimum Gasteiger partial charge on any atom is -0.457 e. The highest BCUT2D eigenvalue weighted by Gasteiger charge is 2.22. The Balaban J connectivity index is 0.00000102. The summed E-state index contributed by atoms with van der Waals surface area (Å²) in [6, 6.07) is 8.82. The molecular weight excluding hydrogens is 609 g/mol. The van der Waals surface area contributed by atoms with Gasteiger partial charge in [0.2, 0.25) is 11.6 Å². The minimum absolute atomic E-state index is 0.127. The van der Waals surface area contributed by atoms with Crippen LogP contribution in [0.4, 0.5) is 37.4 Å². The fourth-order valence-electron chi connectivity index (χ4n) is 3.92. The van der Waals surface area contributed by atoms with Crippen LogP contribution in [0.1, 0.15) is 17.5 Å². The molecule has 0 saturated carbocycles. The predicted octanol–water partition coefficient (Wildman–Crippen LogP) is 7.47. The van der Waals surface area contributed by atoms with Gasteiger partial charge in [0, 0.05) is 29.8 Å². The zero-order valence-corrected chi connectivity index (χ0v) is 23.2. The van der Waals surface area contributed by atoms with Gasteiger partial charge in [0.15, 0.2) is 12.3 Å². The van der Waals surface area contributed by atoms with E-state index in [1.165, 1.54) is 18.2 Å². The third kappa shape index (κ3) is 9.92. The van der Waals surface area contributed by atoms with Crippen molar-refractivity contribution >= 4 is 35.7 Å². The zero-order valence-electron chi connectivity index (χ0n) is 23.2. The quantitative estimate of drug-likeness (QED) is 0.103. The van der Waals surface area contributed by atoms with Crippen LogP contribution in [-0.2, 0) is 4.74 Å². The molecule has 1 heterocycles. The summed E-state index contributed by atoms with van der Waals surface area (Å²) in [7, 11) is -4.12. The number of nitro groups is 2. The summed E-state index contributed by atoms with van der Waals surface area (Å²) >= 11 is 0. The zero-order chi connectivity index (χ0) is 33.3. The molecule has 0 unspecified atom stereocenters. The largest absolute Gasteiger partial charge is 0.673 e. The van der Waals surface area contributed by atoms with Gasteiger partial charge in [0.1, 0.15) is 18.6 Å². The van der Waals surface area contributed by atoms with Crippen molar-refractivity contribution in [3.05, 3.63) is 139 Å². The van der Waals surface area contributed by atoms with Crippen LogP contribution >= 0.6 is 0 Å². The van der Waals surface area contributed by atoms with Crippen LogP contribution in [0.2, 0.25) is 0 Å². The van der Waals surface area contributed by atoms with Gasteiger partial charge in [-0.05, 0) is 65.3 Å². The average molecular weight is 630 g/mol. The van der Waals surface area contributed by atoms with E-state index in [4.69, 9.17) is 10.00 Å². The van der Waals surface area contributed by atoms with Crippen LogP contribution in [-0.4, -0.2) is 41.0 Å². The first kappa shape index (κ1) is 33.8. The van der Waals surface area contributed by atoms with Gasteiger partial charge in [0.25, 0.3) is 0 Å². The first-order chi connectivity index (χ1) is 21.2. The molecule has 1 aliphatic carbocycles. The van der Waals surface area contributed by atoms with Gasteiger partial charge in [0.05, 0.1) is 22.3 Å². The van der Waals surface area contributed by atoms with Crippen molar-refractivity contribution in [2.24, 2.45) is 0 Å². The standard InChI is InChI=1S/C29H21F2N4O5.BF4/c1-33(14-2-13-32)23-8-3-19(4-9-23)5-10-24-15-22(20-6-11-25(30)27(16-20)34(36)37)18-29(40-24)21-7-12-26(31)28(17-21)35(38)39;2-1(3,4)5/h3-12,15-18H,2,14H2,1H3;/q+1;-1. The molecule has 0 fully saturated rings. The number of ether oxygens (including phenoxy) is 1. The van der Waals surface area contributed by atoms with E-state index in [1.54, 1.807) is 18.2 Å². The molecule has 0 bridgehead atoms. The van der Waals surface area contributed by atoms with Crippen LogP contribution in [0.15, 0.2) is 96.3 Å². The highest BCUT2D eigenvalue weighted by Crippen LogP contribution is 2.35. The summed E-state index contributed by atoms with van der Waals surface area (Å²) in [5.74, 6) is -1.60. The van der Waals surface area contributed by atoms with Gasteiger partial charge in [-0.1, -0.05) is 12.1 Å². The molecule has 0 radical (unpaired) electrons. The third-order valence-corrected chi connectivity index (χ3v) is 6.05. The summed E-state index contributed by atoms with van der Waals surface area (Å²) in [5.41, 5.74) is 1.20. The highest BCUT2D eigenvalue weighted by atomic mass is 19.5. The number of nitrogens with zero attached hydrogens (tertiary/aromatic N) is 4. The minimum atomic E-state index is -6.00. The Morgan fingerprint density at radius 1 is 0.867 bits per heavy atom. The molecule has 232 valence electrons. The van der Waals surface area contributed by atoms with E-state index in [0.29, 0.717) is 24.1 Å². The molecule has 16 heteroatoms. The molecule has 45 heavy (non-hydrogen) atoms. The molecule has 0 aromatic heterocycles. The second kappa shape index (κ2) is 14.6. The Hall–Kier alpha value is -5.72. The summed E-state index contributed by atoms with van der Waals surface area (Å²) in [5, 5.41) is 31.3. The number of nitriles is 1. The fourth-order valence-corrected chi connectivity index (χ4v) is 3.92. The van der Waals surface area contributed by atoms with E-state index in [9.17, 15) is 46.3 Å². The summed E-state index contributed by atoms with van der Waals surface area (Å²) in [6.07, 6.45) is 14.4. The summed E-state index contributed by atoms with van der Waals surface area (Å²) < 4.78 is 74.8. The van der Waals surface area contributed by atoms with Crippen molar-refractivity contribution in [2.75, 3.05) is 13.6 Å². The monoisotopic (exact) mass is 630 g/mol. The maximum absolute atomic E-state index is 14.0. The molecule has 1 aliphatic heterocycles. The number of rotatable bonds is 7. The van der Waals surface area contributed by atoms with Gasteiger partial charge in [-0.15, -0.1) is 0 Å². The molecular formula is C29H21BF6N4O5. The first-order valence-electron chi connectivity index (χ1n) is 12.8. The van der Waals surface area contributed by atoms with Crippen molar-refractivity contribution in [1.82, 2.24) is 0 Å². The van der Waals surface area contributed by atoms with E-state index in [-0.39, 0.29) is 17.1 Å². The second-order valence-electron chi connectivity index (χ2n) is 9.21.